The Hall–Kier alpha value is -1.98. The Morgan fingerprint density at radius 1 is 1.29 bits per heavy atom. The molecule has 1 aromatic heterocycles. The molecule has 2 rings (SSSR count). The molecule has 2 aromatic rings. The fourth-order valence-electron chi connectivity index (χ4n) is 1.68. The highest BCUT2D eigenvalue weighted by atomic mass is 19.4. The van der Waals surface area contributed by atoms with Crippen LogP contribution in [0.2, 0.25) is 0 Å². The van der Waals surface area contributed by atoms with Crippen molar-refractivity contribution in [3.05, 3.63) is 30.0 Å². The molecule has 6 heteroatoms. The Morgan fingerprint density at radius 3 is 2.59 bits per heavy atom. The first-order valence-electron chi connectivity index (χ1n) is 4.73. The Balaban J connectivity index is 2.91. The molecule has 2 N–H and O–H groups in total. The van der Waals surface area contributed by atoms with Crippen LogP contribution in [0, 0.1) is 0 Å². The largest absolute Gasteiger partial charge is 0.496 e. The molecule has 17 heavy (non-hydrogen) atoms. The van der Waals surface area contributed by atoms with Crippen molar-refractivity contribution >= 4 is 16.6 Å². The summed E-state index contributed by atoms with van der Waals surface area (Å²) in [6, 6.07) is 4.51. The van der Waals surface area contributed by atoms with Crippen LogP contribution in [-0.2, 0) is 6.18 Å². The lowest BCUT2D eigenvalue weighted by Gasteiger charge is -2.13. The van der Waals surface area contributed by atoms with E-state index in [9.17, 15) is 13.2 Å². The molecule has 0 spiro atoms. The summed E-state index contributed by atoms with van der Waals surface area (Å²) in [4.78, 5) is 3.55. The zero-order chi connectivity index (χ0) is 12.6. The Morgan fingerprint density at radius 2 is 2.00 bits per heavy atom. The Kier molecular flexibility index (Phi) is 2.57. The number of fused-ring (bicyclic) bond motifs is 1. The van der Waals surface area contributed by atoms with E-state index in [1.165, 1.54) is 19.2 Å². The number of pyridine rings is 1. The van der Waals surface area contributed by atoms with Gasteiger partial charge in [-0.2, -0.15) is 13.2 Å². The summed E-state index contributed by atoms with van der Waals surface area (Å²) in [6.07, 6.45) is -3.77. The zero-order valence-electron chi connectivity index (χ0n) is 8.88. The summed E-state index contributed by atoms with van der Waals surface area (Å²) in [6.45, 7) is 0. The Bertz CT molecular complexity index is 566. The van der Waals surface area contributed by atoms with E-state index in [2.05, 4.69) is 4.98 Å². The fraction of sp³-hybridized carbons (Fsp3) is 0.182. The quantitative estimate of drug-likeness (QED) is 0.836. The molecule has 0 fully saturated rings. The number of nitrogens with two attached hydrogens (primary N) is 1. The van der Waals surface area contributed by atoms with Crippen molar-refractivity contribution in [3.63, 3.8) is 0 Å². The van der Waals surface area contributed by atoms with E-state index in [0.717, 1.165) is 6.20 Å². The summed E-state index contributed by atoms with van der Waals surface area (Å²) in [5, 5.41) is 0.175. The van der Waals surface area contributed by atoms with Crippen molar-refractivity contribution in [3.8, 4) is 5.75 Å². The van der Waals surface area contributed by atoms with E-state index in [-0.39, 0.29) is 22.3 Å². The summed E-state index contributed by atoms with van der Waals surface area (Å²) in [7, 11) is 1.31. The highest BCUT2D eigenvalue weighted by Gasteiger charge is 2.34. The lowest BCUT2D eigenvalue weighted by molar-refractivity contribution is -0.136. The van der Waals surface area contributed by atoms with Gasteiger partial charge in [0.05, 0.1) is 12.7 Å². The van der Waals surface area contributed by atoms with Gasteiger partial charge in [0.15, 0.2) is 0 Å². The maximum Gasteiger partial charge on any atom is 0.418 e. The molecule has 0 amide bonds. The topological polar surface area (TPSA) is 48.1 Å². The van der Waals surface area contributed by atoms with Crippen LogP contribution >= 0.6 is 0 Å². The van der Waals surface area contributed by atoms with E-state index in [0.29, 0.717) is 0 Å². The third-order valence-corrected chi connectivity index (χ3v) is 2.43. The first-order valence-corrected chi connectivity index (χ1v) is 4.73. The van der Waals surface area contributed by atoms with Crippen LogP contribution in [0.25, 0.3) is 10.8 Å². The molecule has 1 aromatic carbocycles. The minimum absolute atomic E-state index is 0.0481. The predicted octanol–water partition coefficient (Wildman–Crippen LogP) is 2.84. The van der Waals surface area contributed by atoms with Crippen molar-refractivity contribution in [1.29, 1.82) is 0 Å². The third kappa shape index (κ3) is 1.86. The maximum atomic E-state index is 12.8. The van der Waals surface area contributed by atoms with Crippen LogP contribution in [0.4, 0.5) is 19.0 Å². The van der Waals surface area contributed by atoms with Crippen LogP contribution in [-0.4, -0.2) is 12.1 Å². The van der Waals surface area contributed by atoms with Gasteiger partial charge in [-0.1, -0.05) is 12.1 Å². The number of hydrogen-bond donors (Lipinski definition) is 1. The maximum absolute atomic E-state index is 12.8. The van der Waals surface area contributed by atoms with Gasteiger partial charge in [-0.15, -0.1) is 0 Å². The molecule has 0 saturated carbocycles. The van der Waals surface area contributed by atoms with Crippen molar-refractivity contribution in [2.24, 2.45) is 0 Å². The molecule has 1 heterocycles. The number of aromatic nitrogens is 1. The van der Waals surface area contributed by atoms with Gasteiger partial charge < -0.3 is 10.5 Å². The van der Waals surface area contributed by atoms with Gasteiger partial charge in [0, 0.05) is 17.0 Å². The van der Waals surface area contributed by atoms with Crippen LogP contribution in [0.15, 0.2) is 24.4 Å². The molecule has 0 radical (unpaired) electrons. The van der Waals surface area contributed by atoms with Crippen molar-refractivity contribution in [2.75, 3.05) is 12.8 Å². The van der Waals surface area contributed by atoms with Gasteiger partial charge in [0.25, 0.3) is 0 Å². The van der Waals surface area contributed by atoms with Crippen molar-refractivity contribution in [2.45, 2.75) is 6.18 Å². The summed E-state index contributed by atoms with van der Waals surface area (Å²) < 4.78 is 43.4. The second-order valence-electron chi connectivity index (χ2n) is 3.44. The standard InChI is InChI=1S/C11H9F3N2O/c1-17-8-4-2-3-6-9(8)7(11(12,13)14)5-16-10(6)15/h2-5H,1H3,(H2,15,16). The number of halogens is 3. The summed E-state index contributed by atoms with van der Waals surface area (Å²) in [5.41, 5.74) is 4.71. The first-order chi connectivity index (χ1) is 7.95. The molecule has 0 unspecified atom stereocenters. The van der Waals surface area contributed by atoms with E-state index in [1.807, 2.05) is 0 Å². The minimum Gasteiger partial charge on any atom is -0.496 e. The highest BCUT2D eigenvalue weighted by Crippen LogP contribution is 2.39. The van der Waals surface area contributed by atoms with E-state index in [4.69, 9.17) is 10.5 Å². The minimum atomic E-state index is -4.49. The lowest BCUT2D eigenvalue weighted by Crippen LogP contribution is -2.08. The average Bonchev–Trinajstić information content (AvgIpc) is 2.27. The molecular weight excluding hydrogens is 233 g/mol. The van der Waals surface area contributed by atoms with Crippen LogP contribution < -0.4 is 10.5 Å². The number of anilines is 1. The number of methoxy groups -OCH3 is 1. The second-order valence-corrected chi connectivity index (χ2v) is 3.44. The molecule has 0 bridgehead atoms. The van der Waals surface area contributed by atoms with E-state index >= 15 is 0 Å². The van der Waals surface area contributed by atoms with Crippen LogP contribution in [0.5, 0.6) is 5.75 Å². The van der Waals surface area contributed by atoms with Gasteiger partial charge in [0.2, 0.25) is 0 Å². The smallest absolute Gasteiger partial charge is 0.418 e. The molecule has 0 saturated heterocycles. The number of benzene rings is 1. The van der Waals surface area contributed by atoms with Crippen molar-refractivity contribution < 1.29 is 17.9 Å². The van der Waals surface area contributed by atoms with Gasteiger partial charge >= 0.3 is 6.18 Å². The summed E-state index contributed by atoms with van der Waals surface area (Å²) >= 11 is 0. The van der Waals surface area contributed by atoms with E-state index in [1.54, 1.807) is 6.07 Å². The normalized spacial score (nSPS) is 11.8. The van der Waals surface area contributed by atoms with E-state index < -0.39 is 11.7 Å². The molecule has 0 aliphatic carbocycles. The molecule has 0 aliphatic rings. The molecule has 0 atom stereocenters. The third-order valence-electron chi connectivity index (χ3n) is 2.43. The van der Waals surface area contributed by atoms with Gasteiger partial charge in [-0.05, 0) is 6.07 Å². The highest BCUT2D eigenvalue weighted by molar-refractivity contribution is 5.97. The van der Waals surface area contributed by atoms with Crippen LogP contribution in [0.3, 0.4) is 0 Å². The van der Waals surface area contributed by atoms with Crippen molar-refractivity contribution in [1.82, 2.24) is 4.98 Å². The zero-order valence-corrected chi connectivity index (χ0v) is 8.88. The van der Waals surface area contributed by atoms with Gasteiger partial charge in [0.1, 0.15) is 11.6 Å². The fourth-order valence-corrected chi connectivity index (χ4v) is 1.68. The molecule has 90 valence electrons. The number of ether oxygens (including phenoxy) is 1. The average molecular weight is 242 g/mol. The second kappa shape index (κ2) is 3.80. The summed E-state index contributed by atoms with van der Waals surface area (Å²) in [5.74, 6) is 0.177. The van der Waals surface area contributed by atoms with Gasteiger partial charge in [-0.3, -0.25) is 0 Å². The number of rotatable bonds is 1. The molecule has 0 aliphatic heterocycles. The number of hydrogen-bond acceptors (Lipinski definition) is 3. The SMILES string of the molecule is COc1cccc2c(N)ncc(C(F)(F)F)c12. The molecular formula is C11H9F3N2O. The molecule has 3 nitrogen and oxygen atoms in total. The van der Waals surface area contributed by atoms with Gasteiger partial charge in [-0.25, -0.2) is 4.98 Å². The number of alkyl halides is 3. The first kappa shape index (κ1) is 11.5. The predicted molar refractivity (Wildman–Crippen MR) is 57.7 cm³/mol. The number of nitrogen functional groups attached to an aromatic ring is 1. The number of nitrogens with zero attached hydrogens (tertiary/aromatic N) is 1. The monoisotopic (exact) mass is 242 g/mol. The Labute approximate surface area is 95.0 Å². The van der Waals surface area contributed by atoms with Crippen LogP contribution in [0.1, 0.15) is 5.56 Å². The lowest BCUT2D eigenvalue weighted by atomic mass is 10.1.